The van der Waals surface area contributed by atoms with E-state index in [-0.39, 0.29) is 17.8 Å². The van der Waals surface area contributed by atoms with Crippen LogP contribution in [0.25, 0.3) is 0 Å². The number of anilines is 1. The third-order valence-electron chi connectivity index (χ3n) is 3.84. The Morgan fingerprint density at radius 2 is 2.20 bits per heavy atom. The van der Waals surface area contributed by atoms with Crippen LogP contribution in [0.1, 0.15) is 44.0 Å². The number of amides is 1. The van der Waals surface area contributed by atoms with E-state index in [1.165, 1.54) is 6.07 Å². The number of hydrogen-bond acceptors (Lipinski definition) is 2. The van der Waals surface area contributed by atoms with Crippen LogP contribution in [0, 0.1) is 11.7 Å². The van der Waals surface area contributed by atoms with Crippen molar-refractivity contribution in [3.8, 4) is 0 Å². The summed E-state index contributed by atoms with van der Waals surface area (Å²) in [5, 5.41) is 3.04. The molecule has 1 amide bonds. The Labute approximate surface area is 120 Å². The quantitative estimate of drug-likeness (QED) is 0.914. The Hall–Kier alpha value is -1.58. The van der Waals surface area contributed by atoms with E-state index in [1.807, 2.05) is 11.8 Å². The van der Waals surface area contributed by atoms with Gasteiger partial charge in [0.05, 0.1) is 11.3 Å². The molecule has 0 radical (unpaired) electrons. The van der Waals surface area contributed by atoms with E-state index in [0.29, 0.717) is 23.7 Å². The highest BCUT2D eigenvalue weighted by molar-refractivity contribution is 6.00. The number of halogens is 1. The summed E-state index contributed by atoms with van der Waals surface area (Å²) in [5.74, 6) is 0.0821. The molecule has 2 atom stereocenters. The van der Waals surface area contributed by atoms with E-state index in [2.05, 4.69) is 19.2 Å². The van der Waals surface area contributed by atoms with Crippen LogP contribution in [0.3, 0.4) is 0 Å². The van der Waals surface area contributed by atoms with Gasteiger partial charge in [-0.1, -0.05) is 19.9 Å². The SMILES string of the molecule is CCCNc1c(F)cccc1C(=O)N1CC(C)CC1C. The van der Waals surface area contributed by atoms with E-state index < -0.39 is 0 Å². The second-order valence-electron chi connectivity index (χ2n) is 5.74. The molecule has 1 N–H and O–H groups in total. The van der Waals surface area contributed by atoms with Gasteiger partial charge in [-0.25, -0.2) is 4.39 Å². The van der Waals surface area contributed by atoms with E-state index in [9.17, 15) is 9.18 Å². The summed E-state index contributed by atoms with van der Waals surface area (Å²) in [7, 11) is 0. The minimum Gasteiger partial charge on any atom is -0.382 e. The second-order valence-corrected chi connectivity index (χ2v) is 5.74. The Morgan fingerprint density at radius 3 is 2.80 bits per heavy atom. The van der Waals surface area contributed by atoms with Crippen molar-refractivity contribution in [2.75, 3.05) is 18.4 Å². The van der Waals surface area contributed by atoms with Crippen LogP contribution in [-0.2, 0) is 0 Å². The van der Waals surface area contributed by atoms with E-state index in [1.54, 1.807) is 12.1 Å². The van der Waals surface area contributed by atoms with Crippen molar-refractivity contribution in [1.82, 2.24) is 4.90 Å². The maximum atomic E-state index is 14.0. The van der Waals surface area contributed by atoms with Crippen molar-refractivity contribution in [2.45, 2.75) is 39.7 Å². The van der Waals surface area contributed by atoms with E-state index >= 15 is 0 Å². The lowest BCUT2D eigenvalue weighted by Gasteiger charge is -2.23. The van der Waals surface area contributed by atoms with Gasteiger partial charge in [0.15, 0.2) is 0 Å². The molecule has 4 heteroatoms. The van der Waals surface area contributed by atoms with Crippen molar-refractivity contribution < 1.29 is 9.18 Å². The van der Waals surface area contributed by atoms with Gasteiger partial charge in [-0.05, 0) is 37.8 Å². The highest BCUT2D eigenvalue weighted by Crippen LogP contribution is 2.28. The molecule has 20 heavy (non-hydrogen) atoms. The lowest BCUT2D eigenvalue weighted by Crippen LogP contribution is -2.34. The number of carbonyl (C=O) groups is 1. The number of nitrogens with one attached hydrogen (secondary N) is 1. The first-order valence-electron chi connectivity index (χ1n) is 7.38. The van der Waals surface area contributed by atoms with Gasteiger partial charge in [-0.2, -0.15) is 0 Å². The number of rotatable bonds is 4. The number of para-hydroxylation sites is 1. The third-order valence-corrected chi connectivity index (χ3v) is 3.84. The summed E-state index contributed by atoms with van der Waals surface area (Å²) >= 11 is 0. The molecule has 110 valence electrons. The van der Waals surface area contributed by atoms with E-state index in [4.69, 9.17) is 0 Å². The molecule has 2 unspecified atom stereocenters. The maximum Gasteiger partial charge on any atom is 0.256 e. The van der Waals surface area contributed by atoms with Crippen molar-refractivity contribution in [2.24, 2.45) is 5.92 Å². The topological polar surface area (TPSA) is 32.3 Å². The van der Waals surface area contributed by atoms with Crippen LogP contribution >= 0.6 is 0 Å². The number of carbonyl (C=O) groups excluding carboxylic acids is 1. The Bertz CT molecular complexity index is 489. The summed E-state index contributed by atoms with van der Waals surface area (Å²) in [4.78, 5) is 14.5. The van der Waals surface area contributed by atoms with Gasteiger partial charge >= 0.3 is 0 Å². The zero-order chi connectivity index (χ0) is 14.7. The summed E-state index contributed by atoms with van der Waals surface area (Å²) in [6.45, 7) is 7.63. The monoisotopic (exact) mass is 278 g/mol. The van der Waals surface area contributed by atoms with Crippen molar-refractivity contribution >= 4 is 11.6 Å². The molecule has 1 aliphatic rings. The number of likely N-dealkylation sites (tertiary alicyclic amines) is 1. The predicted octanol–water partition coefficient (Wildman–Crippen LogP) is 3.52. The molecule has 0 aliphatic carbocycles. The number of hydrogen-bond donors (Lipinski definition) is 1. The van der Waals surface area contributed by atoms with E-state index in [0.717, 1.165) is 19.4 Å². The van der Waals surface area contributed by atoms with Crippen LogP contribution in [0.2, 0.25) is 0 Å². The first-order valence-corrected chi connectivity index (χ1v) is 7.38. The first kappa shape index (κ1) is 14.8. The van der Waals surface area contributed by atoms with Gasteiger partial charge < -0.3 is 10.2 Å². The Morgan fingerprint density at radius 1 is 1.45 bits per heavy atom. The molecule has 0 spiro atoms. The van der Waals surface area contributed by atoms with Crippen LogP contribution in [0.5, 0.6) is 0 Å². The summed E-state index contributed by atoms with van der Waals surface area (Å²) in [6.07, 6.45) is 1.90. The largest absolute Gasteiger partial charge is 0.382 e. The lowest BCUT2D eigenvalue weighted by atomic mass is 10.1. The smallest absolute Gasteiger partial charge is 0.256 e. The normalized spacial score (nSPS) is 22.1. The van der Waals surface area contributed by atoms with Gasteiger partial charge in [0.2, 0.25) is 0 Å². The molecule has 1 aliphatic heterocycles. The van der Waals surface area contributed by atoms with Gasteiger partial charge in [0.25, 0.3) is 5.91 Å². The van der Waals surface area contributed by atoms with Gasteiger partial charge in [0.1, 0.15) is 5.82 Å². The molecule has 0 aromatic heterocycles. The standard InChI is InChI=1S/C16H23FN2O/c1-4-8-18-15-13(6-5-7-14(15)17)16(20)19-10-11(2)9-12(19)3/h5-7,11-12,18H,4,8-10H2,1-3H3. The fourth-order valence-corrected chi connectivity index (χ4v) is 2.87. The molecular formula is C16H23FN2O. The summed E-state index contributed by atoms with van der Waals surface area (Å²) < 4.78 is 14.0. The van der Waals surface area contributed by atoms with Crippen molar-refractivity contribution in [3.05, 3.63) is 29.6 Å². The predicted molar refractivity (Wildman–Crippen MR) is 79.5 cm³/mol. The summed E-state index contributed by atoms with van der Waals surface area (Å²) in [5.41, 5.74) is 0.783. The van der Waals surface area contributed by atoms with Gasteiger partial charge in [0, 0.05) is 19.1 Å². The molecule has 1 heterocycles. The van der Waals surface area contributed by atoms with Gasteiger partial charge in [-0.3, -0.25) is 4.79 Å². The fourth-order valence-electron chi connectivity index (χ4n) is 2.87. The molecule has 1 fully saturated rings. The Balaban J connectivity index is 2.27. The highest BCUT2D eigenvalue weighted by atomic mass is 19.1. The Kier molecular flexibility index (Phi) is 4.63. The van der Waals surface area contributed by atoms with Crippen LogP contribution in [-0.4, -0.2) is 29.9 Å². The second kappa shape index (κ2) is 6.25. The van der Waals surface area contributed by atoms with Crippen LogP contribution < -0.4 is 5.32 Å². The van der Waals surface area contributed by atoms with Crippen molar-refractivity contribution in [3.63, 3.8) is 0 Å². The minimum atomic E-state index is -0.357. The molecule has 0 saturated carbocycles. The zero-order valence-electron chi connectivity index (χ0n) is 12.4. The molecule has 3 nitrogen and oxygen atoms in total. The zero-order valence-corrected chi connectivity index (χ0v) is 12.4. The molecule has 2 rings (SSSR count). The van der Waals surface area contributed by atoms with Crippen LogP contribution in [0.15, 0.2) is 18.2 Å². The van der Waals surface area contributed by atoms with Crippen molar-refractivity contribution in [1.29, 1.82) is 0 Å². The lowest BCUT2D eigenvalue weighted by molar-refractivity contribution is 0.0744. The average Bonchev–Trinajstić information content (AvgIpc) is 2.75. The average molecular weight is 278 g/mol. The summed E-state index contributed by atoms with van der Waals surface area (Å²) in [6, 6.07) is 4.92. The van der Waals surface area contributed by atoms with Gasteiger partial charge in [-0.15, -0.1) is 0 Å². The molecular weight excluding hydrogens is 255 g/mol. The molecule has 1 aromatic rings. The third kappa shape index (κ3) is 2.94. The number of benzene rings is 1. The molecule has 1 saturated heterocycles. The highest BCUT2D eigenvalue weighted by Gasteiger charge is 2.31. The fraction of sp³-hybridized carbons (Fsp3) is 0.562. The molecule has 1 aromatic carbocycles. The number of nitrogens with zero attached hydrogens (tertiary/aromatic N) is 1. The minimum absolute atomic E-state index is 0.0695. The molecule has 0 bridgehead atoms. The maximum absolute atomic E-state index is 14.0. The first-order chi connectivity index (χ1) is 9.54. The van der Waals surface area contributed by atoms with Crippen LogP contribution in [0.4, 0.5) is 10.1 Å².